The normalized spacial score (nSPS) is 20.4. The molecule has 1 aromatic rings. The zero-order valence-electron chi connectivity index (χ0n) is 10.3. The van der Waals surface area contributed by atoms with E-state index in [1.807, 2.05) is 0 Å². The van der Waals surface area contributed by atoms with E-state index in [0.29, 0.717) is 0 Å². The number of hydrogen-bond donors (Lipinski definition) is 1. The van der Waals surface area contributed by atoms with Gasteiger partial charge in [0.05, 0.1) is 5.60 Å². The van der Waals surface area contributed by atoms with Gasteiger partial charge in [-0.15, -0.1) is 0 Å². The van der Waals surface area contributed by atoms with Gasteiger partial charge in [0.1, 0.15) is 0 Å². The highest BCUT2D eigenvalue weighted by molar-refractivity contribution is 9.10. The van der Waals surface area contributed by atoms with Gasteiger partial charge in [-0.2, -0.15) is 0 Å². The molecular weight excluding hydrogens is 278 g/mol. The van der Waals surface area contributed by atoms with Gasteiger partial charge >= 0.3 is 0 Å². The molecule has 0 aliphatic heterocycles. The van der Waals surface area contributed by atoms with E-state index in [-0.39, 0.29) is 11.6 Å². The highest BCUT2D eigenvalue weighted by Gasteiger charge is 2.39. The summed E-state index contributed by atoms with van der Waals surface area (Å²) < 4.78 is 6.83. The molecule has 3 heteroatoms. The molecule has 0 saturated heterocycles. The number of ether oxygens (including phenoxy) is 1. The molecule has 2 rings (SSSR count). The second-order valence-electron chi connectivity index (χ2n) is 4.91. The molecule has 2 N–H and O–H groups in total. The van der Waals surface area contributed by atoms with Gasteiger partial charge in [0.25, 0.3) is 0 Å². The van der Waals surface area contributed by atoms with Crippen molar-refractivity contribution in [3.8, 4) is 0 Å². The molecule has 0 radical (unpaired) electrons. The fraction of sp³-hybridized carbons (Fsp3) is 0.571. The molecule has 1 aliphatic rings. The fourth-order valence-electron chi connectivity index (χ4n) is 2.76. The predicted octanol–water partition coefficient (Wildman–Crippen LogP) is 3.28. The van der Waals surface area contributed by atoms with Crippen LogP contribution in [-0.2, 0) is 11.2 Å². The Kier molecular flexibility index (Phi) is 4.23. The molecule has 2 nitrogen and oxygen atoms in total. The molecular formula is C14H20BrNO. The van der Waals surface area contributed by atoms with Crippen molar-refractivity contribution >= 4 is 15.9 Å². The minimum absolute atomic E-state index is 0.0902. The van der Waals surface area contributed by atoms with Crippen molar-refractivity contribution in [2.24, 2.45) is 5.73 Å². The molecule has 0 amide bonds. The van der Waals surface area contributed by atoms with Crippen LogP contribution in [0, 0.1) is 0 Å². The summed E-state index contributed by atoms with van der Waals surface area (Å²) in [5.74, 6) is 0. The van der Waals surface area contributed by atoms with E-state index in [0.717, 1.165) is 23.7 Å². The monoisotopic (exact) mass is 297 g/mol. The summed E-state index contributed by atoms with van der Waals surface area (Å²) in [7, 11) is 1.80. The Morgan fingerprint density at radius 3 is 2.41 bits per heavy atom. The van der Waals surface area contributed by atoms with E-state index in [9.17, 15) is 0 Å². The molecule has 1 saturated carbocycles. The smallest absolute Gasteiger partial charge is 0.0832 e. The molecule has 0 bridgehead atoms. The highest BCUT2D eigenvalue weighted by Crippen LogP contribution is 2.35. The molecule has 1 aliphatic carbocycles. The molecule has 0 heterocycles. The summed E-state index contributed by atoms with van der Waals surface area (Å²) in [6, 6.07) is 8.48. The maximum Gasteiger partial charge on any atom is 0.0832 e. The van der Waals surface area contributed by atoms with E-state index in [1.165, 1.54) is 18.4 Å². The van der Waals surface area contributed by atoms with Crippen LogP contribution in [0.5, 0.6) is 0 Å². The van der Waals surface area contributed by atoms with Crippen LogP contribution in [-0.4, -0.2) is 18.8 Å². The van der Waals surface area contributed by atoms with E-state index in [4.69, 9.17) is 10.5 Å². The Hall–Kier alpha value is -0.380. The van der Waals surface area contributed by atoms with Crippen LogP contribution in [0.3, 0.4) is 0 Å². The van der Waals surface area contributed by atoms with Crippen LogP contribution < -0.4 is 5.73 Å². The third kappa shape index (κ3) is 2.90. The van der Waals surface area contributed by atoms with Gasteiger partial charge in [-0.25, -0.2) is 0 Å². The van der Waals surface area contributed by atoms with Crippen LogP contribution in [0.1, 0.15) is 31.2 Å². The molecule has 0 aromatic heterocycles. The van der Waals surface area contributed by atoms with Crippen molar-refractivity contribution in [3.63, 3.8) is 0 Å². The standard InChI is InChI=1S/C14H20BrNO/c1-17-14(8-2-3-9-14)13(16)10-11-4-6-12(15)7-5-11/h4-7,13H,2-3,8-10,16H2,1H3. The zero-order valence-corrected chi connectivity index (χ0v) is 11.9. The summed E-state index contributed by atoms with van der Waals surface area (Å²) in [4.78, 5) is 0. The van der Waals surface area contributed by atoms with Crippen molar-refractivity contribution in [2.75, 3.05) is 7.11 Å². The van der Waals surface area contributed by atoms with Crippen LogP contribution in [0.4, 0.5) is 0 Å². The molecule has 1 aromatic carbocycles. The molecule has 1 atom stereocenters. The largest absolute Gasteiger partial charge is 0.377 e. The highest BCUT2D eigenvalue weighted by atomic mass is 79.9. The first-order valence-electron chi connectivity index (χ1n) is 6.21. The molecule has 0 spiro atoms. The lowest BCUT2D eigenvalue weighted by Gasteiger charge is -2.34. The van der Waals surface area contributed by atoms with Crippen molar-refractivity contribution in [1.29, 1.82) is 0 Å². The Bertz CT molecular complexity index is 357. The van der Waals surface area contributed by atoms with E-state index in [2.05, 4.69) is 40.2 Å². The van der Waals surface area contributed by atoms with Crippen LogP contribution in [0.2, 0.25) is 0 Å². The Balaban J connectivity index is 2.05. The number of nitrogens with two attached hydrogens (primary N) is 1. The summed E-state index contributed by atoms with van der Waals surface area (Å²) in [5.41, 5.74) is 7.55. The van der Waals surface area contributed by atoms with Gasteiger partial charge in [-0.1, -0.05) is 40.9 Å². The van der Waals surface area contributed by atoms with Gasteiger partial charge in [0, 0.05) is 17.6 Å². The maximum absolute atomic E-state index is 6.36. The minimum atomic E-state index is -0.0902. The number of benzene rings is 1. The van der Waals surface area contributed by atoms with Gasteiger partial charge in [0.2, 0.25) is 0 Å². The molecule has 94 valence electrons. The summed E-state index contributed by atoms with van der Waals surface area (Å²) in [6.45, 7) is 0. The lowest BCUT2D eigenvalue weighted by Crippen LogP contribution is -2.48. The van der Waals surface area contributed by atoms with Gasteiger partial charge in [-0.3, -0.25) is 0 Å². The third-order valence-corrected chi connectivity index (χ3v) is 4.43. The first-order chi connectivity index (χ1) is 8.16. The Labute approximate surface area is 112 Å². The average molecular weight is 298 g/mol. The summed E-state index contributed by atoms with van der Waals surface area (Å²) in [6.07, 6.45) is 5.56. The van der Waals surface area contributed by atoms with E-state index >= 15 is 0 Å². The van der Waals surface area contributed by atoms with Crippen molar-refractivity contribution in [2.45, 2.75) is 43.7 Å². The van der Waals surface area contributed by atoms with E-state index < -0.39 is 0 Å². The van der Waals surface area contributed by atoms with Crippen LogP contribution >= 0.6 is 15.9 Å². The number of rotatable bonds is 4. The summed E-state index contributed by atoms with van der Waals surface area (Å²) >= 11 is 3.45. The third-order valence-electron chi connectivity index (χ3n) is 3.90. The fourth-order valence-corrected chi connectivity index (χ4v) is 3.02. The SMILES string of the molecule is COC1(C(N)Cc2ccc(Br)cc2)CCCC1. The summed E-state index contributed by atoms with van der Waals surface area (Å²) in [5, 5.41) is 0. The quantitative estimate of drug-likeness (QED) is 0.926. The van der Waals surface area contributed by atoms with Gasteiger partial charge < -0.3 is 10.5 Å². The second-order valence-corrected chi connectivity index (χ2v) is 5.83. The average Bonchev–Trinajstić information content (AvgIpc) is 2.82. The maximum atomic E-state index is 6.36. The Morgan fingerprint density at radius 1 is 1.29 bits per heavy atom. The van der Waals surface area contributed by atoms with Gasteiger partial charge in [-0.05, 0) is 37.0 Å². The van der Waals surface area contributed by atoms with E-state index in [1.54, 1.807) is 7.11 Å². The Morgan fingerprint density at radius 2 is 1.88 bits per heavy atom. The topological polar surface area (TPSA) is 35.2 Å². The molecule has 17 heavy (non-hydrogen) atoms. The number of methoxy groups -OCH3 is 1. The van der Waals surface area contributed by atoms with Gasteiger partial charge in [0.15, 0.2) is 0 Å². The van der Waals surface area contributed by atoms with Crippen molar-refractivity contribution in [3.05, 3.63) is 34.3 Å². The number of hydrogen-bond acceptors (Lipinski definition) is 2. The lowest BCUT2D eigenvalue weighted by atomic mass is 9.88. The minimum Gasteiger partial charge on any atom is -0.377 e. The first kappa shape index (κ1) is 13.1. The first-order valence-corrected chi connectivity index (χ1v) is 7.01. The second kappa shape index (κ2) is 5.51. The number of halogens is 1. The van der Waals surface area contributed by atoms with Crippen LogP contribution in [0.15, 0.2) is 28.7 Å². The molecule has 1 fully saturated rings. The van der Waals surface area contributed by atoms with Crippen molar-refractivity contribution in [1.82, 2.24) is 0 Å². The predicted molar refractivity (Wildman–Crippen MR) is 74.0 cm³/mol. The van der Waals surface area contributed by atoms with Crippen molar-refractivity contribution < 1.29 is 4.74 Å². The molecule has 1 unspecified atom stereocenters. The van der Waals surface area contributed by atoms with Crippen LogP contribution in [0.25, 0.3) is 0 Å². The zero-order chi connectivity index (χ0) is 12.3. The lowest BCUT2D eigenvalue weighted by molar-refractivity contribution is -0.0253.